The minimum absolute atomic E-state index is 0.0328. The van der Waals surface area contributed by atoms with Crippen LogP contribution in [0, 0.1) is 6.92 Å². The minimum atomic E-state index is -0.0328. The Balaban J connectivity index is 2.19. The van der Waals surface area contributed by atoms with Crippen LogP contribution < -0.4 is 5.32 Å². The van der Waals surface area contributed by atoms with Crippen molar-refractivity contribution < 1.29 is 4.79 Å². The van der Waals surface area contributed by atoms with Crippen LogP contribution >= 0.6 is 0 Å². The van der Waals surface area contributed by atoms with E-state index < -0.39 is 0 Å². The first-order chi connectivity index (χ1) is 7.59. The topological polar surface area (TPSA) is 50.2 Å². The van der Waals surface area contributed by atoms with E-state index in [-0.39, 0.29) is 18.1 Å². The van der Waals surface area contributed by atoms with Crippen LogP contribution in [0.3, 0.4) is 0 Å². The van der Waals surface area contributed by atoms with Gasteiger partial charge in [-0.1, -0.05) is 0 Å². The fourth-order valence-electron chi connectivity index (χ4n) is 2.15. The number of carbonyl (C=O) groups is 1. The van der Waals surface area contributed by atoms with Crippen molar-refractivity contribution in [1.29, 1.82) is 0 Å². The van der Waals surface area contributed by atoms with Crippen LogP contribution in [0.1, 0.15) is 19.5 Å². The first-order valence-electron chi connectivity index (χ1n) is 5.65. The summed E-state index contributed by atoms with van der Waals surface area (Å²) >= 11 is 0. The molecule has 0 unspecified atom stereocenters. The van der Waals surface area contributed by atoms with E-state index in [4.69, 9.17) is 0 Å². The lowest BCUT2D eigenvalue weighted by Gasteiger charge is -2.38. The molecule has 1 amide bonds. The third-order valence-electron chi connectivity index (χ3n) is 2.97. The summed E-state index contributed by atoms with van der Waals surface area (Å²) in [7, 11) is 0. The molecule has 1 aromatic rings. The standard InChI is InChI=1S/C11H18N4O/c1-8-4-5-14(13-8)11(16)15-9(2)6-12-7-10(15)3/h4-5,9-10,12H,6-7H2,1-3H3/t9-,10+. The van der Waals surface area contributed by atoms with Gasteiger partial charge < -0.3 is 10.2 Å². The van der Waals surface area contributed by atoms with Crippen molar-refractivity contribution in [2.24, 2.45) is 0 Å². The van der Waals surface area contributed by atoms with E-state index in [1.807, 2.05) is 17.9 Å². The van der Waals surface area contributed by atoms with Crippen LogP contribution in [-0.4, -0.2) is 45.9 Å². The average Bonchev–Trinajstić information content (AvgIpc) is 2.64. The molecule has 0 bridgehead atoms. The number of hydrogen-bond donors (Lipinski definition) is 1. The zero-order valence-corrected chi connectivity index (χ0v) is 9.97. The lowest BCUT2D eigenvalue weighted by atomic mass is 10.1. The second kappa shape index (κ2) is 4.25. The molecule has 1 aliphatic rings. The Bertz CT molecular complexity index is 377. The van der Waals surface area contributed by atoms with Gasteiger partial charge in [-0.15, -0.1) is 0 Å². The Morgan fingerprint density at radius 3 is 2.56 bits per heavy atom. The fraction of sp³-hybridized carbons (Fsp3) is 0.636. The Hall–Kier alpha value is -1.36. The van der Waals surface area contributed by atoms with Crippen molar-refractivity contribution >= 4 is 6.03 Å². The molecule has 88 valence electrons. The molecule has 1 aliphatic heterocycles. The summed E-state index contributed by atoms with van der Waals surface area (Å²) in [5.74, 6) is 0. The third kappa shape index (κ3) is 1.95. The Morgan fingerprint density at radius 2 is 2.06 bits per heavy atom. The van der Waals surface area contributed by atoms with E-state index in [9.17, 15) is 4.79 Å². The van der Waals surface area contributed by atoms with Crippen LogP contribution in [-0.2, 0) is 0 Å². The van der Waals surface area contributed by atoms with E-state index in [1.54, 1.807) is 6.20 Å². The molecule has 5 heteroatoms. The largest absolute Gasteiger partial charge is 0.345 e. The van der Waals surface area contributed by atoms with Crippen LogP contribution in [0.2, 0.25) is 0 Å². The molecular formula is C11H18N4O. The second-order valence-corrected chi connectivity index (χ2v) is 4.45. The van der Waals surface area contributed by atoms with Crippen molar-refractivity contribution in [3.63, 3.8) is 0 Å². The maximum Gasteiger partial charge on any atom is 0.345 e. The van der Waals surface area contributed by atoms with Gasteiger partial charge in [0.25, 0.3) is 0 Å². The highest BCUT2D eigenvalue weighted by atomic mass is 16.2. The number of aryl methyl sites for hydroxylation is 1. The van der Waals surface area contributed by atoms with Crippen molar-refractivity contribution in [1.82, 2.24) is 20.0 Å². The number of amides is 1. The van der Waals surface area contributed by atoms with E-state index in [1.165, 1.54) is 4.68 Å². The highest BCUT2D eigenvalue weighted by Crippen LogP contribution is 2.11. The monoisotopic (exact) mass is 222 g/mol. The minimum Gasteiger partial charge on any atom is -0.315 e. The van der Waals surface area contributed by atoms with Gasteiger partial charge in [-0.3, -0.25) is 0 Å². The molecule has 2 rings (SSSR count). The number of nitrogens with one attached hydrogen (secondary N) is 1. The highest BCUT2D eigenvalue weighted by molar-refractivity contribution is 5.76. The lowest BCUT2D eigenvalue weighted by molar-refractivity contribution is 0.131. The zero-order chi connectivity index (χ0) is 11.7. The smallest absolute Gasteiger partial charge is 0.315 e. The molecule has 1 N–H and O–H groups in total. The molecular weight excluding hydrogens is 204 g/mol. The normalized spacial score (nSPS) is 25.8. The summed E-state index contributed by atoms with van der Waals surface area (Å²) in [6.07, 6.45) is 1.72. The number of aromatic nitrogens is 2. The van der Waals surface area contributed by atoms with Gasteiger partial charge >= 0.3 is 6.03 Å². The van der Waals surface area contributed by atoms with E-state index in [0.29, 0.717) is 0 Å². The molecule has 0 spiro atoms. The van der Waals surface area contributed by atoms with Crippen LogP contribution in [0.25, 0.3) is 0 Å². The predicted molar refractivity (Wildman–Crippen MR) is 61.4 cm³/mol. The van der Waals surface area contributed by atoms with Gasteiger partial charge in [-0.2, -0.15) is 9.78 Å². The van der Waals surface area contributed by atoms with Crippen molar-refractivity contribution in [2.45, 2.75) is 32.9 Å². The maximum absolute atomic E-state index is 12.2. The summed E-state index contributed by atoms with van der Waals surface area (Å²) < 4.78 is 1.42. The SMILES string of the molecule is Cc1ccn(C(=O)N2[C@H](C)CNC[C@@H]2C)n1. The molecule has 2 heterocycles. The number of nitrogens with zero attached hydrogens (tertiary/aromatic N) is 3. The molecule has 0 aromatic carbocycles. The Labute approximate surface area is 95.4 Å². The molecule has 0 radical (unpaired) electrons. The van der Waals surface area contributed by atoms with Crippen molar-refractivity contribution in [3.05, 3.63) is 18.0 Å². The van der Waals surface area contributed by atoms with Gasteiger partial charge in [-0.05, 0) is 26.8 Å². The van der Waals surface area contributed by atoms with E-state index >= 15 is 0 Å². The molecule has 1 aromatic heterocycles. The molecule has 2 atom stereocenters. The summed E-state index contributed by atoms with van der Waals surface area (Å²) in [5.41, 5.74) is 0.865. The molecule has 16 heavy (non-hydrogen) atoms. The molecule has 1 fully saturated rings. The molecule has 5 nitrogen and oxygen atoms in total. The van der Waals surface area contributed by atoms with Gasteiger partial charge in [0.2, 0.25) is 0 Å². The molecule has 0 saturated carbocycles. The Morgan fingerprint density at radius 1 is 1.44 bits per heavy atom. The first-order valence-corrected chi connectivity index (χ1v) is 5.65. The second-order valence-electron chi connectivity index (χ2n) is 4.45. The lowest BCUT2D eigenvalue weighted by Crippen LogP contribution is -2.58. The van der Waals surface area contributed by atoms with Gasteiger partial charge in [0.05, 0.1) is 5.69 Å². The molecule has 1 saturated heterocycles. The van der Waals surface area contributed by atoms with E-state index in [0.717, 1.165) is 18.8 Å². The predicted octanol–water partition coefficient (Wildman–Crippen LogP) is 0.842. The fourth-order valence-corrected chi connectivity index (χ4v) is 2.15. The quantitative estimate of drug-likeness (QED) is 0.707. The average molecular weight is 222 g/mol. The van der Waals surface area contributed by atoms with Gasteiger partial charge in [0.1, 0.15) is 0 Å². The number of piperazine rings is 1. The van der Waals surface area contributed by atoms with Crippen molar-refractivity contribution in [2.75, 3.05) is 13.1 Å². The van der Waals surface area contributed by atoms with E-state index in [2.05, 4.69) is 24.3 Å². The van der Waals surface area contributed by atoms with Crippen LogP contribution in [0.5, 0.6) is 0 Å². The zero-order valence-electron chi connectivity index (χ0n) is 9.97. The number of carbonyl (C=O) groups excluding carboxylic acids is 1. The Kier molecular flexibility index (Phi) is 2.96. The van der Waals surface area contributed by atoms with Gasteiger partial charge in [0.15, 0.2) is 0 Å². The molecule has 0 aliphatic carbocycles. The third-order valence-corrected chi connectivity index (χ3v) is 2.97. The summed E-state index contributed by atoms with van der Waals surface area (Å²) in [6, 6.07) is 2.23. The first kappa shape index (κ1) is 11.1. The van der Waals surface area contributed by atoms with Gasteiger partial charge in [-0.25, -0.2) is 4.79 Å². The summed E-state index contributed by atoms with van der Waals surface area (Å²) in [6.45, 7) is 7.68. The maximum atomic E-state index is 12.2. The number of rotatable bonds is 0. The highest BCUT2D eigenvalue weighted by Gasteiger charge is 2.29. The van der Waals surface area contributed by atoms with Gasteiger partial charge in [0, 0.05) is 31.4 Å². The number of hydrogen-bond acceptors (Lipinski definition) is 3. The summed E-state index contributed by atoms with van der Waals surface area (Å²) in [4.78, 5) is 14.1. The van der Waals surface area contributed by atoms with Crippen molar-refractivity contribution in [3.8, 4) is 0 Å². The van der Waals surface area contributed by atoms with Crippen LogP contribution in [0.15, 0.2) is 12.3 Å². The van der Waals surface area contributed by atoms with Crippen LogP contribution in [0.4, 0.5) is 4.79 Å². The summed E-state index contributed by atoms with van der Waals surface area (Å²) in [5, 5.41) is 7.46.